The van der Waals surface area contributed by atoms with Gasteiger partial charge in [-0.2, -0.15) is 5.10 Å². The molecule has 1 saturated carbocycles. The van der Waals surface area contributed by atoms with Gasteiger partial charge >= 0.3 is 5.97 Å². The van der Waals surface area contributed by atoms with Crippen molar-refractivity contribution in [2.75, 3.05) is 6.54 Å². The lowest BCUT2D eigenvalue weighted by atomic mass is 9.82. The fourth-order valence-electron chi connectivity index (χ4n) is 3.24. The minimum Gasteiger partial charge on any atom is -0.481 e. The summed E-state index contributed by atoms with van der Waals surface area (Å²) in [5.74, 6) is -0.810. The van der Waals surface area contributed by atoms with E-state index in [1.165, 1.54) is 6.20 Å². The lowest BCUT2D eigenvalue weighted by molar-refractivity contribution is -0.143. The predicted octanol–water partition coefficient (Wildman–Crippen LogP) is 3.35. The molecule has 132 valence electrons. The second kappa shape index (κ2) is 7.70. The van der Waals surface area contributed by atoms with Gasteiger partial charge in [0.2, 0.25) is 0 Å². The highest BCUT2D eigenvalue weighted by atomic mass is 35.5. The summed E-state index contributed by atoms with van der Waals surface area (Å²) in [6, 6.07) is 7.19. The first kappa shape index (κ1) is 17.5. The largest absolute Gasteiger partial charge is 0.481 e. The molecule has 0 unspecified atom stereocenters. The summed E-state index contributed by atoms with van der Waals surface area (Å²) in [5, 5.41) is 19.5. The number of aromatic amines is 1. The van der Waals surface area contributed by atoms with Crippen molar-refractivity contribution < 1.29 is 14.7 Å². The molecule has 1 heterocycles. The van der Waals surface area contributed by atoms with E-state index in [1.807, 2.05) is 12.1 Å². The number of carbonyl (C=O) groups is 2. The Kier molecular flexibility index (Phi) is 5.38. The number of aromatic nitrogens is 2. The number of H-pyrrole nitrogens is 1. The number of halogens is 1. The highest BCUT2D eigenvalue weighted by Gasteiger charge is 2.26. The van der Waals surface area contributed by atoms with Crippen LogP contribution in [-0.2, 0) is 4.79 Å². The van der Waals surface area contributed by atoms with E-state index in [-0.39, 0.29) is 11.8 Å². The first-order valence-electron chi connectivity index (χ1n) is 8.35. The van der Waals surface area contributed by atoms with Crippen LogP contribution in [0, 0.1) is 11.8 Å². The van der Waals surface area contributed by atoms with Gasteiger partial charge in [0.05, 0.1) is 23.4 Å². The third-order valence-corrected chi connectivity index (χ3v) is 5.02. The Morgan fingerprint density at radius 3 is 2.52 bits per heavy atom. The summed E-state index contributed by atoms with van der Waals surface area (Å²) in [6.45, 7) is 0.552. The van der Waals surface area contributed by atoms with Crippen LogP contribution in [0.5, 0.6) is 0 Å². The van der Waals surface area contributed by atoms with Crippen LogP contribution in [0.4, 0.5) is 0 Å². The van der Waals surface area contributed by atoms with Crippen LogP contribution in [0.2, 0.25) is 5.02 Å². The molecule has 1 fully saturated rings. The molecule has 2 aromatic rings. The van der Waals surface area contributed by atoms with Gasteiger partial charge in [-0.05, 0) is 43.7 Å². The maximum atomic E-state index is 12.5. The highest BCUT2D eigenvalue weighted by Crippen LogP contribution is 2.29. The normalized spacial score (nSPS) is 20.2. The molecule has 1 amide bonds. The molecule has 25 heavy (non-hydrogen) atoms. The monoisotopic (exact) mass is 361 g/mol. The summed E-state index contributed by atoms with van der Waals surface area (Å²) in [5.41, 5.74) is 1.99. The van der Waals surface area contributed by atoms with Crippen LogP contribution in [0.3, 0.4) is 0 Å². The summed E-state index contributed by atoms with van der Waals surface area (Å²) in [6.07, 6.45) is 4.52. The van der Waals surface area contributed by atoms with E-state index in [0.29, 0.717) is 41.6 Å². The summed E-state index contributed by atoms with van der Waals surface area (Å²) < 4.78 is 0. The van der Waals surface area contributed by atoms with Crippen LogP contribution >= 0.6 is 11.6 Å². The first-order chi connectivity index (χ1) is 12.0. The number of hydrogen-bond acceptors (Lipinski definition) is 3. The topological polar surface area (TPSA) is 95.1 Å². The number of hydrogen-bond donors (Lipinski definition) is 3. The van der Waals surface area contributed by atoms with Crippen molar-refractivity contribution in [2.45, 2.75) is 25.7 Å². The maximum Gasteiger partial charge on any atom is 0.306 e. The van der Waals surface area contributed by atoms with Crippen molar-refractivity contribution in [1.82, 2.24) is 15.5 Å². The number of amides is 1. The van der Waals surface area contributed by atoms with Crippen molar-refractivity contribution in [3.8, 4) is 11.3 Å². The SMILES string of the molecule is O=C(NCC1CCC(C(=O)O)CC1)c1cn[nH]c1-c1ccc(Cl)cc1. The van der Waals surface area contributed by atoms with Crippen LogP contribution in [0.25, 0.3) is 11.3 Å². The number of aliphatic carboxylic acids is 1. The van der Waals surface area contributed by atoms with E-state index >= 15 is 0 Å². The second-order valence-corrected chi connectivity index (χ2v) is 6.87. The van der Waals surface area contributed by atoms with Gasteiger partial charge in [-0.25, -0.2) is 0 Å². The molecule has 7 heteroatoms. The minimum absolute atomic E-state index is 0.181. The molecule has 0 radical (unpaired) electrons. The molecule has 0 bridgehead atoms. The van der Waals surface area contributed by atoms with Gasteiger partial charge in [0.25, 0.3) is 5.91 Å². The molecule has 0 atom stereocenters. The van der Waals surface area contributed by atoms with Gasteiger partial charge in [-0.3, -0.25) is 14.7 Å². The van der Waals surface area contributed by atoms with Gasteiger partial charge in [-0.1, -0.05) is 23.7 Å². The number of carboxylic acid groups (broad SMARTS) is 1. The zero-order valence-corrected chi connectivity index (χ0v) is 14.4. The molecule has 1 aliphatic rings. The molecular formula is C18H20ClN3O3. The Bertz CT molecular complexity index is 749. The molecule has 0 aliphatic heterocycles. The van der Waals surface area contributed by atoms with Gasteiger partial charge in [0, 0.05) is 17.1 Å². The molecule has 0 spiro atoms. The van der Waals surface area contributed by atoms with E-state index < -0.39 is 5.97 Å². The lowest BCUT2D eigenvalue weighted by Gasteiger charge is -2.26. The fourth-order valence-corrected chi connectivity index (χ4v) is 3.37. The smallest absolute Gasteiger partial charge is 0.306 e. The molecule has 3 N–H and O–H groups in total. The standard InChI is InChI=1S/C18H20ClN3O3/c19-14-7-5-12(6-8-14)16-15(10-21-22-16)17(23)20-9-11-1-3-13(4-2-11)18(24)25/h5-8,10-11,13H,1-4,9H2,(H,20,23)(H,21,22)(H,24,25). The van der Waals surface area contributed by atoms with Crippen LogP contribution in [0.15, 0.2) is 30.5 Å². The average molecular weight is 362 g/mol. The Balaban J connectivity index is 1.59. The van der Waals surface area contributed by atoms with E-state index in [4.69, 9.17) is 16.7 Å². The Hall–Kier alpha value is -2.34. The third kappa shape index (κ3) is 4.20. The number of nitrogens with one attached hydrogen (secondary N) is 2. The number of carboxylic acids is 1. The minimum atomic E-state index is -0.714. The Morgan fingerprint density at radius 1 is 1.20 bits per heavy atom. The molecule has 0 saturated heterocycles. The van der Waals surface area contributed by atoms with Gasteiger partial charge in [-0.15, -0.1) is 0 Å². The quantitative estimate of drug-likeness (QED) is 0.761. The number of benzene rings is 1. The maximum absolute atomic E-state index is 12.5. The molecular weight excluding hydrogens is 342 g/mol. The summed E-state index contributed by atoms with van der Waals surface area (Å²) in [4.78, 5) is 23.5. The highest BCUT2D eigenvalue weighted by molar-refractivity contribution is 6.30. The van der Waals surface area contributed by atoms with Crippen molar-refractivity contribution in [3.63, 3.8) is 0 Å². The number of carbonyl (C=O) groups excluding carboxylic acids is 1. The van der Waals surface area contributed by atoms with Crippen molar-refractivity contribution in [3.05, 3.63) is 41.0 Å². The molecule has 6 nitrogen and oxygen atoms in total. The van der Waals surface area contributed by atoms with Crippen LogP contribution in [0.1, 0.15) is 36.0 Å². The first-order valence-corrected chi connectivity index (χ1v) is 8.72. The van der Waals surface area contributed by atoms with Crippen molar-refractivity contribution >= 4 is 23.5 Å². The van der Waals surface area contributed by atoms with Crippen molar-refractivity contribution in [2.24, 2.45) is 11.8 Å². The fraction of sp³-hybridized carbons (Fsp3) is 0.389. The summed E-state index contributed by atoms with van der Waals surface area (Å²) >= 11 is 5.90. The van der Waals surface area contributed by atoms with E-state index in [9.17, 15) is 9.59 Å². The van der Waals surface area contributed by atoms with E-state index in [2.05, 4.69) is 15.5 Å². The van der Waals surface area contributed by atoms with E-state index in [0.717, 1.165) is 18.4 Å². The second-order valence-electron chi connectivity index (χ2n) is 6.43. The van der Waals surface area contributed by atoms with Gasteiger partial charge < -0.3 is 10.4 Å². The molecule has 3 rings (SSSR count). The lowest BCUT2D eigenvalue weighted by Crippen LogP contribution is -2.32. The van der Waals surface area contributed by atoms with Gasteiger partial charge in [0.1, 0.15) is 0 Å². The Morgan fingerprint density at radius 2 is 1.88 bits per heavy atom. The predicted molar refractivity (Wildman–Crippen MR) is 94.5 cm³/mol. The molecule has 1 aromatic heterocycles. The van der Waals surface area contributed by atoms with Crippen LogP contribution in [-0.4, -0.2) is 33.7 Å². The van der Waals surface area contributed by atoms with Gasteiger partial charge in [0.15, 0.2) is 0 Å². The Labute approximate surface area is 150 Å². The molecule has 1 aromatic carbocycles. The third-order valence-electron chi connectivity index (χ3n) is 4.76. The van der Waals surface area contributed by atoms with E-state index in [1.54, 1.807) is 12.1 Å². The average Bonchev–Trinajstić information content (AvgIpc) is 3.10. The summed E-state index contributed by atoms with van der Waals surface area (Å²) in [7, 11) is 0. The van der Waals surface area contributed by atoms with Crippen molar-refractivity contribution in [1.29, 1.82) is 0 Å². The zero-order chi connectivity index (χ0) is 17.8. The number of nitrogens with zero attached hydrogens (tertiary/aromatic N) is 1. The molecule has 1 aliphatic carbocycles. The van der Waals surface area contributed by atoms with Crippen LogP contribution < -0.4 is 5.32 Å². The number of rotatable bonds is 5. The zero-order valence-electron chi connectivity index (χ0n) is 13.7.